The lowest BCUT2D eigenvalue weighted by molar-refractivity contribution is -0.143. The van der Waals surface area contributed by atoms with Crippen molar-refractivity contribution in [2.45, 2.75) is 39.7 Å². The summed E-state index contributed by atoms with van der Waals surface area (Å²) in [6.07, 6.45) is 0.986. The molecule has 6 nitrogen and oxygen atoms in total. The molecule has 1 rings (SSSR count). The Kier molecular flexibility index (Phi) is 9.96. The van der Waals surface area contributed by atoms with Crippen LogP contribution in [0.25, 0.3) is 0 Å². The van der Waals surface area contributed by atoms with Gasteiger partial charge in [-0.3, -0.25) is 4.79 Å². The number of hydrogen-bond acceptors (Lipinski definition) is 4. The molecule has 0 fully saturated rings. The van der Waals surface area contributed by atoms with Gasteiger partial charge in [0.2, 0.25) is 0 Å². The number of rotatable bonds is 10. The van der Waals surface area contributed by atoms with Crippen LogP contribution >= 0.6 is 11.6 Å². The molecule has 0 saturated carbocycles. The number of carbonyl (C=O) groups excluding carboxylic acids is 2. The van der Waals surface area contributed by atoms with Crippen LogP contribution in [0.15, 0.2) is 24.3 Å². The van der Waals surface area contributed by atoms with Crippen molar-refractivity contribution >= 4 is 29.3 Å². The monoisotopic (exact) mass is 370 g/mol. The number of hydrogen-bond donors (Lipinski definition) is 1. The summed E-state index contributed by atoms with van der Waals surface area (Å²) in [5.74, 6) is -0.318. The molecule has 140 valence electrons. The third kappa shape index (κ3) is 9.31. The summed E-state index contributed by atoms with van der Waals surface area (Å²) in [5.41, 5.74) is 0.608. The maximum absolute atomic E-state index is 12.5. The third-order valence-electron chi connectivity index (χ3n) is 3.28. The molecular weight excluding hydrogens is 344 g/mol. The Hall–Kier alpha value is -1.79. The second-order valence-electron chi connectivity index (χ2n) is 5.76. The smallest absolute Gasteiger partial charge is 0.321 e. The van der Waals surface area contributed by atoms with Gasteiger partial charge in [-0.2, -0.15) is 0 Å². The molecule has 7 heteroatoms. The molecule has 1 N–H and O–H groups in total. The van der Waals surface area contributed by atoms with Gasteiger partial charge in [0, 0.05) is 30.4 Å². The third-order valence-corrected chi connectivity index (χ3v) is 3.51. The molecule has 0 aliphatic rings. The molecule has 0 unspecified atom stereocenters. The lowest BCUT2D eigenvalue weighted by Crippen LogP contribution is -2.38. The Bertz CT molecular complexity index is 552. The van der Waals surface area contributed by atoms with E-state index < -0.39 is 0 Å². The summed E-state index contributed by atoms with van der Waals surface area (Å²) in [4.78, 5) is 25.7. The van der Waals surface area contributed by atoms with Gasteiger partial charge in [0.25, 0.3) is 0 Å². The molecule has 2 amide bonds. The van der Waals surface area contributed by atoms with Gasteiger partial charge in [-0.05, 0) is 45.4 Å². The molecule has 0 aliphatic heterocycles. The molecule has 1 aromatic rings. The Labute approximate surface area is 154 Å². The van der Waals surface area contributed by atoms with Crippen LogP contribution in [0.3, 0.4) is 0 Å². The van der Waals surface area contributed by atoms with Crippen molar-refractivity contribution in [3.63, 3.8) is 0 Å². The first-order chi connectivity index (χ1) is 11.9. The van der Waals surface area contributed by atoms with E-state index in [1.807, 2.05) is 13.8 Å². The predicted molar refractivity (Wildman–Crippen MR) is 99.0 cm³/mol. The van der Waals surface area contributed by atoms with E-state index in [4.69, 9.17) is 21.1 Å². The van der Waals surface area contributed by atoms with Gasteiger partial charge in [-0.1, -0.05) is 17.7 Å². The zero-order valence-electron chi connectivity index (χ0n) is 15.1. The molecule has 0 bridgehead atoms. The number of benzene rings is 1. The second kappa shape index (κ2) is 11.7. The number of ether oxygens (including phenoxy) is 2. The molecule has 25 heavy (non-hydrogen) atoms. The van der Waals surface area contributed by atoms with Gasteiger partial charge in [-0.25, -0.2) is 4.79 Å². The number of anilines is 1. The largest absolute Gasteiger partial charge is 0.466 e. The van der Waals surface area contributed by atoms with Crippen LogP contribution < -0.4 is 5.32 Å². The number of halogens is 1. The summed E-state index contributed by atoms with van der Waals surface area (Å²) in [6.45, 7) is 7.33. The first-order valence-electron chi connectivity index (χ1n) is 8.51. The molecule has 0 aromatic heterocycles. The molecule has 0 saturated heterocycles. The van der Waals surface area contributed by atoms with E-state index >= 15 is 0 Å². The minimum Gasteiger partial charge on any atom is -0.466 e. The zero-order valence-corrected chi connectivity index (χ0v) is 15.8. The number of esters is 1. The fourth-order valence-electron chi connectivity index (χ4n) is 2.12. The Morgan fingerprint density at radius 2 is 2.04 bits per heavy atom. The van der Waals surface area contributed by atoms with Crippen molar-refractivity contribution < 1.29 is 19.1 Å². The number of amides is 2. The summed E-state index contributed by atoms with van der Waals surface area (Å²) >= 11 is 5.93. The van der Waals surface area contributed by atoms with Crippen molar-refractivity contribution in [1.29, 1.82) is 0 Å². The molecular formula is C18H27ClN2O4. The Morgan fingerprint density at radius 1 is 1.28 bits per heavy atom. The Balaban J connectivity index is 2.60. The predicted octanol–water partition coefficient (Wildman–Crippen LogP) is 3.94. The molecule has 0 spiro atoms. The van der Waals surface area contributed by atoms with Crippen LogP contribution in [0.5, 0.6) is 0 Å². The van der Waals surface area contributed by atoms with E-state index in [9.17, 15) is 9.59 Å². The molecule has 0 aliphatic carbocycles. The van der Waals surface area contributed by atoms with Crippen LogP contribution in [0.1, 0.15) is 33.6 Å². The fourth-order valence-corrected chi connectivity index (χ4v) is 2.31. The molecule has 0 atom stereocenters. The minimum atomic E-state index is -0.318. The van der Waals surface area contributed by atoms with Gasteiger partial charge in [-0.15, -0.1) is 0 Å². The first-order valence-corrected chi connectivity index (χ1v) is 8.89. The molecule has 0 radical (unpaired) electrons. The first kappa shape index (κ1) is 21.3. The van der Waals surface area contributed by atoms with Crippen molar-refractivity contribution in [3.05, 3.63) is 29.3 Å². The number of nitrogens with zero attached hydrogens (tertiary/aromatic N) is 1. The average Bonchev–Trinajstić information content (AvgIpc) is 2.54. The topological polar surface area (TPSA) is 67.9 Å². The number of nitrogens with one attached hydrogen (secondary N) is 1. The second-order valence-corrected chi connectivity index (χ2v) is 6.19. The van der Waals surface area contributed by atoms with Crippen molar-refractivity contribution in [1.82, 2.24) is 4.90 Å². The van der Waals surface area contributed by atoms with Crippen LogP contribution in [-0.4, -0.2) is 49.3 Å². The maximum Gasteiger partial charge on any atom is 0.321 e. The fraction of sp³-hybridized carbons (Fsp3) is 0.556. The van der Waals surface area contributed by atoms with E-state index in [2.05, 4.69) is 5.32 Å². The van der Waals surface area contributed by atoms with Crippen LogP contribution in [0, 0.1) is 0 Å². The van der Waals surface area contributed by atoms with E-state index in [1.165, 1.54) is 0 Å². The number of urea groups is 1. The van der Waals surface area contributed by atoms with E-state index in [0.717, 1.165) is 0 Å². The SMILES string of the molecule is CCOC(=O)CCN(CCCOC(C)C)C(=O)Nc1cccc(Cl)c1. The summed E-state index contributed by atoms with van der Waals surface area (Å²) in [7, 11) is 0. The Morgan fingerprint density at radius 3 is 2.68 bits per heavy atom. The molecule has 0 heterocycles. The van der Waals surface area contributed by atoms with E-state index in [0.29, 0.717) is 36.9 Å². The highest BCUT2D eigenvalue weighted by Gasteiger charge is 2.16. The lowest BCUT2D eigenvalue weighted by Gasteiger charge is -2.23. The average molecular weight is 371 g/mol. The highest BCUT2D eigenvalue weighted by Crippen LogP contribution is 2.15. The van der Waals surface area contributed by atoms with Crippen molar-refractivity contribution in [2.24, 2.45) is 0 Å². The van der Waals surface area contributed by atoms with Crippen molar-refractivity contribution in [2.75, 3.05) is 31.6 Å². The van der Waals surface area contributed by atoms with Gasteiger partial charge in [0.05, 0.1) is 19.1 Å². The van der Waals surface area contributed by atoms with Crippen LogP contribution in [-0.2, 0) is 14.3 Å². The highest BCUT2D eigenvalue weighted by atomic mass is 35.5. The van der Waals surface area contributed by atoms with E-state index in [1.54, 1.807) is 36.1 Å². The van der Waals surface area contributed by atoms with Gasteiger partial charge < -0.3 is 19.7 Å². The van der Waals surface area contributed by atoms with Gasteiger partial charge >= 0.3 is 12.0 Å². The van der Waals surface area contributed by atoms with Crippen LogP contribution in [0.2, 0.25) is 5.02 Å². The summed E-state index contributed by atoms with van der Waals surface area (Å²) < 4.78 is 10.4. The minimum absolute atomic E-state index is 0.147. The normalized spacial score (nSPS) is 10.6. The maximum atomic E-state index is 12.5. The summed E-state index contributed by atoms with van der Waals surface area (Å²) in [6, 6.07) is 6.65. The van der Waals surface area contributed by atoms with Gasteiger partial charge in [0.1, 0.15) is 0 Å². The summed E-state index contributed by atoms with van der Waals surface area (Å²) in [5, 5.41) is 3.34. The standard InChI is InChI=1S/C18H27ClN2O4/c1-4-24-17(22)9-11-21(10-6-12-25-14(2)3)18(23)20-16-8-5-7-15(19)13-16/h5,7-8,13-14H,4,6,9-12H2,1-3H3,(H,20,23). The quantitative estimate of drug-likeness (QED) is 0.500. The van der Waals surface area contributed by atoms with E-state index in [-0.39, 0.29) is 31.1 Å². The van der Waals surface area contributed by atoms with Crippen molar-refractivity contribution in [3.8, 4) is 0 Å². The van der Waals surface area contributed by atoms with Gasteiger partial charge in [0.15, 0.2) is 0 Å². The van der Waals surface area contributed by atoms with Crippen LogP contribution in [0.4, 0.5) is 10.5 Å². The zero-order chi connectivity index (χ0) is 18.7. The number of carbonyl (C=O) groups is 2. The molecule has 1 aromatic carbocycles. The highest BCUT2D eigenvalue weighted by molar-refractivity contribution is 6.30. The lowest BCUT2D eigenvalue weighted by atomic mass is 10.3.